The molecule has 14 heavy (non-hydrogen) atoms. The second kappa shape index (κ2) is 7.49. The third-order valence-electron chi connectivity index (χ3n) is 1.99. The first kappa shape index (κ1) is 14.2. The minimum atomic E-state index is -2.81. The second-order valence-corrected chi connectivity index (χ2v) is 6.63. The fourth-order valence-corrected chi connectivity index (χ4v) is 1.90. The highest BCUT2D eigenvalue weighted by atomic mass is 35.5. The Balaban J connectivity index is 3.31. The van der Waals surface area contributed by atoms with Gasteiger partial charge in [-0.15, -0.1) is 11.6 Å². The third-order valence-corrected chi connectivity index (χ3v) is 3.91. The van der Waals surface area contributed by atoms with Gasteiger partial charge in [0, 0.05) is 17.7 Å². The van der Waals surface area contributed by atoms with E-state index in [1.807, 2.05) is 6.92 Å². The molecule has 0 rings (SSSR count). The van der Waals surface area contributed by atoms with Crippen molar-refractivity contribution in [2.45, 2.75) is 32.1 Å². The van der Waals surface area contributed by atoms with E-state index in [0.717, 1.165) is 19.4 Å². The SMILES string of the molecule is CCS(=O)(=O)CCNCCCC(C)Cl. The van der Waals surface area contributed by atoms with Crippen LogP contribution in [-0.4, -0.2) is 38.4 Å². The van der Waals surface area contributed by atoms with Crippen LogP contribution in [0, 0.1) is 0 Å². The van der Waals surface area contributed by atoms with Gasteiger partial charge in [0.15, 0.2) is 9.84 Å². The summed E-state index contributed by atoms with van der Waals surface area (Å²) in [5.41, 5.74) is 0. The van der Waals surface area contributed by atoms with Gasteiger partial charge in [-0.05, 0) is 26.3 Å². The van der Waals surface area contributed by atoms with E-state index < -0.39 is 9.84 Å². The van der Waals surface area contributed by atoms with Crippen molar-refractivity contribution in [2.75, 3.05) is 24.6 Å². The van der Waals surface area contributed by atoms with Gasteiger partial charge in [-0.2, -0.15) is 0 Å². The van der Waals surface area contributed by atoms with Crippen LogP contribution in [0.2, 0.25) is 0 Å². The lowest BCUT2D eigenvalue weighted by molar-refractivity contribution is 0.587. The molecular formula is C9H20ClNO2S. The topological polar surface area (TPSA) is 46.2 Å². The molecule has 3 nitrogen and oxygen atoms in total. The van der Waals surface area contributed by atoms with Crippen LogP contribution in [0.4, 0.5) is 0 Å². The summed E-state index contributed by atoms with van der Waals surface area (Å²) >= 11 is 5.76. The third kappa shape index (κ3) is 8.78. The van der Waals surface area contributed by atoms with Gasteiger partial charge in [-0.3, -0.25) is 0 Å². The summed E-state index contributed by atoms with van der Waals surface area (Å²) in [5.74, 6) is 0.466. The molecule has 1 atom stereocenters. The Morgan fingerprint density at radius 2 is 2.00 bits per heavy atom. The van der Waals surface area contributed by atoms with Crippen molar-refractivity contribution in [1.29, 1.82) is 0 Å². The first-order chi connectivity index (χ1) is 6.48. The predicted molar refractivity (Wildman–Crippen MR) is 61.7 cm³/mol. The van der Waals surface area contributed by atoms with E-state index in [2.05, 4.69) is 5.32 Å². The Bertz CT molecular complexity index is 227. The fourth-order valence-electron chi connectivity index (χ4n) is 1.01. The van der Waals surface area contributed by atoms with Crippen molar-refractivity contribution >= 4 is 21.4 Å². The van der Waals surface area contributed by atoms with Crippen LogP contribution < -0.4 is 5.32 Å². The van der Waals surface area contributed by atoms with E-state index in [0.29, 0.717) is 6.54 Å². The molecule has 0 heterocycles. The summed E-state index contributed by atoms with van der Waals surface area (Å²) in [6.45, 7) is 5.02. The normalized spacial score (nSPS) is 14.2. The standard InChI is InChI=1S/C9H20ClNO2S/c1-3-14(12,13)8-7-11-6-4-5-9(2)10/h9,11H,3-8H2,1-2H3. The number of halogens is 1. The summed E-state index contributed by atoms with van der Waals surface area (Å²) < 4.78 is 22.2. The quantitative estimate of drug-likeness (QED) is 0.517. The molecule has 0 spiro atoms. The van der Waals surface area contributed by atoms with Crippen LogP contribution in [-0.2, 0) is 9.84 Å². The number of hydrogen-bond acceptors (Lipinski definition) is 3. The molecule has 0 aromatic heterocycles. The number of alkyl halides is 1. The Morgan fingerprint density at radius 1 is 1.36 bits per heavy atom. The van der Waals surface area contributed by atoms with Gasteiger partial charge in [0.25, 0.3) is 0 Å². The van der Waals surface area contributed by atoms with Gasteiger partial charge >= 0.3 is 0 Å². The van der Waals surface area contributed by atoms with Crippen molar-refractivity contribution < 1.29 is 8.42 Å². The number of hydrogen-bond donors (Lipinski definition) is 1. The molecule has 0 bridgehead atoms. The average molecular weight is 242 g/mol. The largest absolute Gasteiger partial charge is 0.316 e. The van der Waals surface area contributed by atoms with E-state index >= 15 is 0 Å². The highest BCUT2D eigenvalue weighted by Crippen LogP contribution is 2.01. The fraction of sp³-hybridized carbons (Fsp3) is 1.00. The Labute approximate surface area is 92.1 Å². The summed E-state index contributed by atoms with van der Waals surface area (Å²) in [5, 5.41) is 3.30. The van der Waals surface area contributed by atoms with Crippen LogP contribution in [0.15, 0.2) is 0 Å². The molecule has 0 aliphatic carbocycles. The molecule has 5 heteroatoms. The zero-order chi connectivity index (χ0) is 11.0. The molecule has 0 radical (unpaired) electrons. The van der Waals surface area contributed by atoms with Crippen LogP contribution in [0.1, 0.15) is 26.7 Å². The lowest BCUT2D eigenvalue weighted by Gasteiger charge is -2.05. The molecule has 0 aromatic rings. The van der Waals surface area contributed by atoms with Gasteiger partial charge in [0.1, 0.15) is 0 Å². The first-order valence-corrected chi connectivity index (χ1v) is 7.29. The second-order valence-electron chi connectivity index (χ2n) is 3.41. The van der Waals surface area contributed by atoms with Gasteiger partial charge in [0.05, 0.1) is 5.75 Å². The Hall–Kier alpha value is 0.200. The van der Waals surface area contributed by atoms with E-state index in [1.165, 1.54) is 0 Å². The number of sulfone groups is 1. The van der Waals surface area contributed by atoms with Crippen molar-refractivity contribution in [3.05, 3.63) is 0 Å². The highest BCUT2D eigenvalue weighted by Gasteiger charge is 2.05. The van der Waals surface area contributed by atoms with Crippen LogP contribution >= 0.6 is 11.6 Å². The monoisotopic (exact) mass is 241 g/mol. The minimum absolute atomic E-state index is 0.205. The highest BCUT2D eigenvalue weighted by molar-refractivity contribution is 7.91. The average Bonchev–Trinajstić information content (AvgIpc) is 2.10. The Kier molecular flexibility index (Phi) is 7.59. The minimum Gasteiger partial charge on any atom is -0.316 e. The summed E-state index contributed by atoms with van der Waals surface area (Å²) in [4.78, 5) is 0. The first-order valence-electron chi connectivity index (χ1n) is 5.03. The maximum absolute atomic E-state index is 11.1. The molecule has 0 fully saturated rings. The molecule has 1 N–H and O–H groups in total. The zero-order valence-corrected chi connectivity index (χ0v) is 10.5. The molecule has 0 aromatic carbocycles. The molecule has 1 unspecified atom stereocenters. The van der Waals surface area contributed by atoms with Crippen molar-refractivity contribution in [3.63, 3.8) is 0 Å². The Morgan fingerprint density at radius 3 is 2.50 bits per heavy atom. The molecule has 86 valence electrons. The van der Waals surface area contributed by atoms with Crippen LogP contribution in [0.3, 0.4) is 0 Å². The molecule has 0 saturated carbocycles. The molecule has 0 amide bonds. The maximum Gasteiger partial charge on any atom is 0.151 e. The molecule has 0 saturated heterocycles. The van der Waals surface area contributed by atoms with E-state index in [1.54, 1.807) is 6.92 Å². The molecule has 0 aliphatic heterocycles. The molecule has 0 aliphatic rings. The van der Waals surface area contributed by atoms with Crippen molar-refractivity contribution in [3.8, 4) is 0 Å². The lowest BCUT2D eigenvalue weighted by Crippen LogP contribution is -2.24. The maximum atomic E-state index is 11.1. The van der Waals surface area contributed by atoms with Gasteiger partial charge in [-0.1, -0.05) is 6.92 Å². The van der Waals surface area contributed by atoms with Crippen molar-refractivity contribution in [2.24, 2.45) is 0 Å². The zero-order valence-electron chi connectivity index (χ0n) is 8.92. The smallest absolute Gasteiger partial charge is 0.151 e. The molecular weight excluding hydrogens is 222 g/mol. The van der Waals surface area contributed by atoms with Gasteiger partial charge in [0.2, 0.25) is 0 Å². The van der Waals surface area contributed by atoms with Crippen LogP contribution in [0.5, 0.6) is 0 Å². The summed E-state index contributed by atoms with van der Waals surface area (Å²) in [6.07, 6.45) is 1.96. The van der Waals surface area contributed by atoms with E-state index in [-0.39, 0.29) is 16.9 Å². The van der Waals surface area contributed by atoms with E-state index in [4.69, 9.17) is 11.6 Å². The summed E-state index contributed by atoms with van der Waals surface area (Å²) in [7, 11) is -2.81. The lowest BCUT2D eigenvalue weighted by atomic mass is 10.2. The predicted octanol–water partition coefficient (Wildman–Crippen LogP) is 1.42. The van der Waals surface area contributed by atoms with Crippen LogP contribution in [0.25, 0.3) is 0 Å². The summed E-state index contributed by atoms with van der Waals surface area (Å²) in [6, 6.07) is 0. The van der Waals surface area contributed by atoms with Gasteiger partial charge in [-0.25, -0.2) is 8.42 Å². The van der Waals surface area contributed by atoms with E-state index in [9.17, 15) is 8.42 Å². The number of nitrogens with one attached hydrogen (secondary N) is 1. The van der Waals surface area contributed by atoms with Gasteiger partial charge < -0.3 is 5.32 Å². The van der Waals surface area contributed by atoms with Crippen molar-refractivity contribution in [1.82, 2.24) is 5.32 Å². The number of rotatable bonds is 8.